The van der Waals surface area contributed by atoms with Crippen LogP contribution in [0.3, 0.4) is 0 Å². The van der Waals surface area contributed by atoms with E-state index in [0.717, 1.165) is 13.0 Å². The average Bonchev–Trinajstić information content (AvgIpc) is 2.29. The minimum atomic E-state index is 0.805. The van der Waals surface area contributed by atoms with Gasteiger partial charge in [0, 0.05) is 6.21 Å². The summed E-state index contributed by atoms with van der Waals surface area (Å²) < 4.78 is 0. The number of rotatable bonds is 1. The van der Waals surface area contributed by atoms with Gasteiger partial charge < -0.3 is 0 Å². The molecular formula is C13H13N. The normalized spacial score (nSPS) is 25.1. The Bertz CT molecular complexity index is 338. The second-order valence-corrected chi connectivity index (χ2v) is 3.32. The summed E-state index contributed by atoms with van der Waals surface area (Å²) in [5.41, 5.74) is 2.62. The van der Waals surface area contributed by atoms with E-state index in [0.29, 0.717) is 0 Å². The van der Waals surface area contributed by atoms with Crippen molar-refractivity contribution < 1.29 is 0 Å². The second-order valence-electron chi connectivity index (χ2n) is 3.32. The largest absolute Gasteiger partial charge is 0.288 e. The molecule has 2 rings (SSSR count). The van der Waals surface area contributed by atoms with Gasteiger partial charge in [-0.25, -0.2) is 0 Å². The van der Waals surface area contributed by atoms with Crippen LogP contribution in [-0.4, -0.2) is 12.8 Å². The third-order valence-corrected chi connectivity index (χ3v) is 2.20. The molecule has 0 aromatic rings. The molecule has 1 aliphatic carbocycles. The smallest absolute Gasteiger partial charge is 0.0639 e. The van der Waals surface area contributed by atoms with Gasteiger partial charge in [-0.1, -0.05) is 42.5 Å². The van der Waals surface area contributed by atoms with E-state index in [-0.39, 0.29) is 0 Å². The summed E-state index contributed by atoms with van der Waals surface area (Å²) in [7, 11) is 0. The number of nitrogens with zero attached hydrogens (tertiary/aromatic N) is 1. The molecule has 0 spiro atoms. The molecule has 1 heteroatoms. The Kier molecular flexibility index (Phi) is 2.92. The van der Waals surface area contributed by atoms with Crippen molar-refractivity contribution >= 4 is 6.21 Å². The van der Waals surface area contributed by atoms with Crippen LogP contribution in [0.15, 0.2) is 64.7 Å². The van der Waals surface area contributed by atoms with Crippen LogP contribution in [0.2, 0.25) is 0 Å². The third kappa shape index (κ3) is 2.43. The second kappa shape index (κ2) is 4.56. The fourth-order valence-electron chi connectivity index (χ4n) is 1.41. The first-order valence-corrected chi connectivity index (χ1v) is 4.84. The quantitative estimate of drug-likeness (QED) is 0.592. The van der Waals surface area contributed by atoms with Crippen molar-refractivity contribution in [3.05, 3.63) is 59.8 Å². The van der Waals surface area contributed by atoms with Crippen molar-refractivity contribution in [2.45, 2.75) is 6.42 Å². The number of hydrogen-bond donors (Lipinski definition) is 0. The van der Waals surface area contributed by atoms with Crippen LogP contribution in [0.25, 0.3) is 0 Å². The molecule has 14 heavy (non-hydrogen) atoms. The molecule has 0 unspecified atom stereocenters. The molecule has 0 aromatic carbocycles. The molecule has 0 N–H and O–H groups in total. The maximum atomic E-state index is 4.18. The summed E-state index contributed by atoms with van der Waals surface area (Å²) in [5.74, 6) is 0. The number of hydrogen-bond acceptors (Lipinski definition) is 1. The predicted molar refractivity (Wildman–Crippen MR) is 61.6 cm³/mol. The van der Waals surface area contributed by atoms with Crippen molar-refractivity contribution in [2.75, 3.05) is 6.54 Å². The van der Waals surface area contributed by atoms with Crippen LogP contribution in [0, 0.1) is 0 Å². The fraction of sp³-hybridized carbons (Fsp3) is 0.154. The van der Waals surface area contributed by atoms with Crippen LogP contribution in [0.1, 0.15) is 6.42 Å². The zero-order valence-corrected chi connectivity index (χ0v) is 8.06. The molecule has 1 nitrogen and oxygen atoms in total. The summed E-state index contributed by atoms with van der Waals surface area (Å²) in [6, 6.07) is 0. The minimum Gasteiger partial charge on any atom is -0.288 e. The van der Waals surface area contributed by atoms with E-state index >= 15 is 0 Å². The van der Waals surface area contributed by atoms with E-state index in [9.17, 15) is 0 Å². The maximum Gasteiger partial charge on any atom is 0.0639 e. The average molecular weight is 183 g/mol. The van der Waals surface area contributed by atoms with Crippen molar-refractivity contribution in [3.63, 3.8) is 0 Å². The van der Waals surface area contributed by atoms with Crippen molar-refractivity contribution in [2.24, 2.45) is 4.99 Å². The first kappa shape index (κ1) is 8.95. The molecule has 0 saturated heterocycles. The first-order chi connectivity index (χ1) is 6.95. The van der Waals surface area contributed by atoms with Crippen LogP contribution >= 0.6 is 0 Å². The van der Waals surface area contributed by atoms with Gasteiger partial charge in [0.2, 0.25) is 0 Å². The summed E-state index contributed by atoms with van der Waals surface area (Å²) in [4.78, 5) is 4.18. The molecular weight excluding hydrogens is 170 g/mol. The van der Waals surface area contributed by atoms with E-state index in [1.807, 2.05) is 12.3 Å². The Morgan fingerprint density at radius 1 is 1.00 bits per heavy atom. The van der Waals surface area contributed by atoms with Crippen LogP contribution in [-0.2, 0) is 0 Å². The van der Waals surface area contributed by atoms with E-state index < -0.39 is 0 Å². The van der Waals surface area contributed by atoms with Gasteiger partial charge >= 0.3 is 0 Å². The molecule has 0 radical (unpaired) electrons. The van der Waals surface area contributed by atoms with Crippen molar-refractivity contribution in [3.8, 4) is 0 Å². The molecule has 70 valence electrons. The van der Waals surface area contributed by atoms with Gasteiger partial charge in [0.15, 0.2) is 0 Å². The first-order valence-electron chi connectivity index (χ1n) is 4.84. The van der Waals surface area contributed by atoms with Crippen LogP contribution in [0.5, 0.6) is 0 Å². The summed E-state index contributed by atoms with van der Waals surface area (Å²) in [6.45, 7) is 0.805. The van der Waals surface area contributed by atoms with Crippen LogP contribution < -0.4 is 0 Å². The lowest BCUT2D eigenvalue weighted by molar-refractivity contribution is 1.17. The van der Waals surface area contributed by atoms with Gasteiger partial charge in [-0.05, 0) is 23.6 Å². The van der Waals surface area contributed by atoms with Crippen molar-refractivity contribution in [1.29, 1.82) is 0 Å². The predicted octanol–water partition coefficient (Wildman–Crippen LogP) is 3.00. The van der Waals surface area contributed by atoms with Crippen molar-refractivity contribution in [1.82, 2.24) is 0 Å². The van der Waals surface area contributed by atoms with E-state index in [1.165, 1.54) is 11.1 Å². The number of dihydropyridines is 1. The molecule has 0 atom stereocenters. The molecule has 0 fully saturated rings. The summed E-state index contributed by atoms with van der Waals surface area (Å²) in [6.07, 6.45) is 19.7. The summed E-state index contributed by atoms with van der Waals surface area (Å²) >= 11 is 0. The van der Waals surface area contributed by atoms with E-state index in [4.69, 9.17) is 0 Å². The minimum absolute atomic E-state index is 0.805. The maximum absolute atomic E-state index is 4.18. The van der Waals surface area contributed by atoms with Gasteiger partial charge in [0.05, 0.1) is 6.54 Å². The Hall–Kier alpha value is -1.63. The highest BCUT2D eigenvalue weighted by Crippen LogP contribution is 2.11. The van der Waals surface area contributed by atoms with Gasteiger partial charge in [-0.3, -0.25) is 4.99 Å². The molecule has 0 saturated carbocycles. The van der Waals surface area contributed by atoms with Gasteiger partial charge in [0.25, 0.3) is 0 Å². The highest BCUT2D eigenvalue weighted by Gasteiger charge is 1.94. The highest BCUT2D eigenvalue weighted by molar-refractivity contribution is 5.73. The fourth-order valence-corrected chi connectivity index (χ4v) is 1.41. The number of aliphatic imine (C=N–C) groups is 1. The molecule has 1 heterocycles. The Labute approximate surface area is 84.6 Å². The summed E-state index contributed by atoms with van der Waals surface area (Å²) in [5, 5.41) is 0. The lowest BCUT2D eigenvalue weighted by Crippen LogP contribution is -1.90. The molecule has 1 aliphatic heterocycles. The van der Waals surface area contributed by atoms with E-state index in [1.54, 1.807) is 0 Å². The lowest BCUT2D eigenvalue weighted by atomic mass is 10.1. The van der Waals surface area contributed by atoms with Gasteiger partial charge in [0.1, 0.15) is 0 Å². The molecule has 0 bridgehead atoms. The zero-order valence-electron chi connectivity index (χ0n) is 8.06. The highest BCUT2D eigenvalue weighted by atomic mass is 14.7. The monoisotopic (exact) mass is 183 g/mol. The van der Waals surface area contributed by atoms with Gasteiger partial charge in [-0.2, -0.15) is 0 Å². The SMILES string of the molecule is C1=CC/C(=C\C=C2\C=CC=NC2)C=C1. The molecule has 0 aromatic heterocycles. The Balaban J connectivity index is 2.04. The topological polar surface area (TPSA) is 12.4 Å². The van der Waals surface area contributed by atoms with Gasteiger partial charge in [-0.15, -0.1) is 0 Å². The molecule has 2 aliphatic rings. The van der Waals surface area contributed by atoms with E-state index in [2.05, 4.69) is 47.5 Å². The Morgan fingerprint density at radius 2 is 1.86 bits per heavy atom. The zero-order chi connectivity index (χ0) is 9.64. The standard InChI is InChI=1S/C13H13N/c1-2-5-12(6-3-1)8-9-13-7-4-10-14-11-13/h1-5,7-10H,6,11H2/b12-8-,13-9-. The third-order valence-electron chi connectivity index (χ3n) is 2.20. The lowest BCUT2D eigenvalue weighted by Gasteiger charge is -2.02. The molecule has 0 amide bonds. The number of allylic oxidation sites excluding steroid dienone is 8. The Morgan fingerprint density at radius 3 is 2.57 bits per heavy atom. The van der Waals surface area contributed by atoms with Crippen LogP contribution in [0.4, 0.5) is 0 Å².